The van der Waals surface area contributed by atoms with Crippen LogP contribution < -0.4 is 15.2 Å². The first-order valence-corrected chi connectivity index (χ1v) is 8.38. The van der Waals surface area contributed by atoms with Gasteiger partial charge in [0.05, 0.1) is 22.8 Å². The summed E-state index contributed by atoms with van der Waals surface area (Å²) in [6.07, 6.45) is -3.20. The Morgan fingerprint density at radius 1 is 1.15 bits per heavy atom. The smallest absolute Gasteiger partial charge is 0.416 e. The summed E-state index contributed by atoms with van der Waals surface area (Å²) in [6, 6.07) is 9.10. The third-order valence-corrected chi connectivity index (χ3v) is 4.43. The first-order chi connectivity index (χ1) is 12.7. The van der Waals surface area contributed by atoms with Crippen molar-refractivity contribution in [3.05, 3.63) is 63.6 Å². The fraction of sp³-hybridized carbons (Fsp3) is 0.111. The maximum absolute atomic E-state index is 12.9. The Bertz CT molecular complexity index is 957. The molecule has 1 N–H and O–H groups in total. The van der Waals surface area contributed by atoms with Crippen molar-refractivity contribution >= 4 is 39.5 Å². The van der Waals surface area contributed by atoms with Gasteiger partial charge in [0.2, 0.25) is 0 Å². The lowest BCUT2D eigenvalue weighted by atomic mass is 10.1. The molecule has 27 heavy (non-hydrogen) atoms. The van der Waals surface area contributed by atoms with Crippen molar-refractivity contribution in [1.29, 1.82) is 0 Å². The molecule has 1 fully saturated rings. The number of nitrogens with zero attached hydrogens (tertiary/aromatic N) is 1. The van der Waals surface area contributed by atoms with Gasteiger partial charge in [-0.25, -0.2) is 5.01 Å². The second-order valence-corrected chi connectivity index (χ2v) is 6.44. The van der Waals surface area contributed by atoms with E-state index < -0.39 is 23.6 Å². The number of benzene rings is 2. The fourth-order valence-corrected chi connectivity index (χ4v) is 3.06. The average Bonchev–Trinajstić information content (AvgIpc) is 2.89. The van der Waals surface area contributed by atoms with E-state index in [4.69, 9.17) is 4.74 Å². The van der Waals surface area contributed by atoms with Gasteiger partial charge < -0.3 is 4.74 Å². The predicted octanol–water partition coefficient (Wildman–Crippen LogP) is 3.94. The highest BCUT2D eigenvalue weighted by Crippen LogP contribution is 2.32. The highest BCUT2D eigenvalue weighted by molar-refractivity contribution is 9.10. The molecule has 0 radical (unpaired) electrons. The third-order valence-electron chi connectivity index (χ3n) is 3.81. The minimum Gasteiger partial charge on any atom is -0.496 e. The van der Waals surface area contributed by atoms with Crippen LogP contribution in [0.4, 0.5) is 18.9 Å². The molecule has 5 nitrogen and oxygen atoms in total. The van der Waals surface area contributed by atoms with Crippen LogP contribution in [0, 0.1) is 0 Å². The van der Waals surface area contributed by atoms with Crippen LogP contribution in [-0.2, 0) is 15.8 Å². The number of nitrogens with one attached hydrogen (secondary N) is 1. The molecule has 1 heterocycles. The molecule has 0 aliphatic carbocycles. The van der Waals surface area contributed by atoms with E-state index >= 15 is 0 Å². The summed E-state index contributed by atoms with van der Waals surface area (Å²) >= 11 is 3.31. The number of ether oxygens (including phenoxy) is 1. The second kappa shape index (κ2) is 7.07. The van der Waals surface area contributed by atoms with E-state index in [2.05, 4.69) is 21.4 Å². The lowest BCUT2D eigenvalue weighted by molar-refractivity contribution is -0.137. The van der Waals surface area contributed by atoms with Crippen LogP contribution in [0.3, 0.4) is 0 Å². The largest absolute Gasteiger partial charge is 0.496 e. The van der Waals surface area contributed by atoms with Crippen LogP contribution in [0.25, 0.3) is 6.08 Å². The number of anilines is 1. The van der Waals surface area contributed by atoms with E-state index in [1.807, 2.05) is 0 Å². The molecule has 2 aromatic carbocycles. The van der Waals surface area contributed by atoms with Crippen molar-refractivity contribution in [3.8, 4) is 5.75 Å². The van der Waals surface area contributed by atoms with Crippen molar-refractivity contribution < 1.29 is 27.5 Å². The van der Waals surface area contributed by atoms with Gasteiger partial charge in [0.15, 0.2) is 0 Å². The molecule has 0 unspecified atom stereocenters. The van der Waals surface area contributed by atoms with E-state index in [1.54, 1.807) is 18.2 Å². The Labute approximate surface area is 160 Å². The number of alkyl halides is 3. The van der Waals surface area contributed by atoms with E-state index in [0.29, 0.717) is 15.8 Å². The van der Waals surface area contributed by atoms with Gasteiger partial charge in [0, 0.05) is 0 Å². The predicted molar refractivity (Wildman–Crippen MR) is 95.7 cm³/mol. The Kier molecular flexibility index (Phi) is 4.97. The third kappa shape index (κ3) is 3.82. The minimum atomic E-state index is -4.56. The number of halogens is 4. The lowest BCUT2D eigenvalue weighted by Crippen LogP contribution is -2.35. The molecule has 0 spiro atoms. The second-order valence-electron chi connectivity index (χ2n) is 5.58. The van der Waals surface area contributed by atoms with E-state index in [0.717, 1.165) is 17.1 Å². The van der Waals surface area contributed by atoms with Crippen LogP contribution in [0.1, 0.15) is 11.1 Å². The molecule has 1 aliphatic heterocycles. The summed E-state index contributed by atoms with van der Waals surface area (Å²) in [5, 5.41) is 0.794. The number of hydrogen-bond acceptors (Lipinski definition) is 3. The molecule has 2 amide bonds. The number of methoxy groups -OCH3 is 1. The first-order valence-electron chi connectivity index (χ1n) is 7.58. The zero-order valence-electron chi connectivity index (χ0n) is 13.8. The minimum absolute atomic E-state index is 0.0810. The Hall–Kier alpha value is -2.81. The topological polar surface area (TPSA) is 58.6 Å². The van der Waals surface area contributed by atoms with Gasteiger partial charge in [-0.15, -0.1) is 0 Å². The molecule has 1 saturated heterocycles. The maximum Gasteiger partial charge on any atom is 0.416 e. The average molecular weight is 441 g/mol. The number of carbonyl (C=O) groups excluding carboxylic acids is 2. The normalized spacial score (nSPS) is 16.0. The SMILES string of the molecule is COc1ccc(/C=C2\C(=O)NN(c3cccc(C(F)(F)F)c3)C2=O)cc1Br. The number of carbonyl (C=O) groups is 2. The molecule has 0 saturated carbocycles. The molecule has 0 aromatic heterocycles. The molecule has 0 atom stereocenters. The summed E-state index contributed by atoms with van der Waals surface area (Å²) in [4.78, 5) is 24.7. The monoisotopic (exact) mass is 440 g/mol. The van der Waals surface area contributed by atoms with Gasteiger partial charge in [-0.1, -0.05) is 12.1 Å². The molecule has 9 heteroatoms. The molecule has 140 valence electrons. The molecule has 1 aliphatic rings. The summed E-state index contributed by atoms with van der Waals surface area (Å²) in [5.41, 5.74) is 1.64. The van der Waals surface area contributed by atoms with Gasteiger partial charge in [-0.3, -0.25) is 15.0 Å². The van der Waals surface area contributed by atoms with Crippen LogP contribution >= 0.6 is 15.9 Å². The van der Waals surface area contributed by atoms with Crippen molar-refractivity contribution in [1.82, 2.24) is 5.43 Å². The van der Waals surface area contributed by atoms with Gasteiger partial charge in [-0.2, -0.15) is 13.2 Å². The zero-order chi connectivity index (χ0) is 19.8. The fourth-order valence-electron chi connectivity index (χ4n) is 2.50. The van der Waals surface area contributed by atoms with Crippen LogP contribution in [0.5, 0.6) is 5.75 Å². The first kappa shape index (κ1) is 19.0. The number of hydrazine groups is 1. The summed E-state index contributed by atoms with van der Waals surface area (Å²) in [7, 11) is 1.50. The number of rotatable bonds is 3. The zero-order valence-corrected chi connectivity index (χ0v) is 15.4. The van der Waals surface area contributed by atoms with Crippen molar-refractivity contribution in [2.45, 2.75) is 6.18 Å². The van der Waals surface area contributed by atoms with Crippen LogP contribution in [0.15, 0.2) is 52.5 Å². The maximum atomic E-state index is 12.9. The Morgan fingerprint density at radius 3 is 2.52 bits per heavy atom. The Morgan fingerprint density at radius 2 is 1.89 bits per heavy atom. The lowest BCUT2D eigenvalue weighted by Gasteiger charge is -2.16. The van der Waals surface area contributed by atoms with E-state index in [9.17, 15) is 22.8 Å². The summed E-state index contributed by atoms with van der Waals surface area (Å²) < 4.78 is 44.4. The van der Waals surface area contributed by atoms with Crippen molar-refractivity contribution in [2.24, 2.45) is 0 Å². The quantitative estimate of drug-likeness (QED) is 0.580. The molecular formula is C18H12BrF3N2O3. The molecule has 2 aromatic rings. The molecule has 3 rings (SSSR count). The van der Waals surface area contributed by atoms with Crippen molar-refractivity contribution in [2.75, 3.05) is 12.1 Å². The van der Waals surface area contributed by atoms with Gasteiger partial charge >= 0.3 is 6.18 Å². The van der Waals surface area contributed by atoms with Gasteiger partial charge in [0.1, 0.15) is 11.3 Å². The van der Waals surface area contributed by atoms with E-state index in [-0.39, 0.29) is 11.3 Å². The van der Waals surface area contributed by atoms with Crippen LogP contribution in [0.2, 0.25) is 0 Å². The molecular weight excluding hydrogens is 429 g/mol. The van der Waals surface area contributed by atoms with Crippen LogP contribution in [-0.4, -0.2) is 18.9 Å². The standard InChI is InChI=1S/C18H12BrF3N2O3/c1-27-15-6-5-10(8-14(15)19)7-13-16(25)23-24(17(13)26)12-4-2-3-11(9-12)18(20,21)22/h2-9H,1H3,(H,23,25)/b13-7+. The number of hydrogen-bond donors (Lipinski definition) is 1. The Balaban J connectivity index is 1.93. The summed E-state index contributed by atoms with van der Waals surface area (Å²) in [5.74, 6) is -0.874. The van der Waals surface area contributed by atoms with Crippen molar-refractivity contribution in [3.63, 3.8) is 0 Å². The van der Waals surface area contributed by atoms with Gasteiger partial charge in [0.25, 0.3) is 11.8 Å². The molecule has 0 bridgehead atoms. The number of amides is 2. The highest BCUT2D eigenvalue weighted by Gasteiger charge is 2.36. The highest BCUT2D eigenvalue weighted by atomic mass is 79.9. The van der Waals surface area contributed by atoms with Gasteiger partial charge in [-0.05, 0) is 57.9 Å². The summed E-state index contributed by atoms with van der Waals surface area (Å²) in [6.45, 7) is 0. The van der Waals surface area contributed by atoms with E-state index in [1.165, 1.54) is 25.3 Å².